The molecule has 0 spiro atoms. The van der Waals surface area contributed by atoms with Crippen molar-refractivity contribution in [3.63, 3.8) is 0 Å². The molecule has 1 atom stereocenters. The molecule has 1 saturated carbocycles. The highest BCUT2D eigenvalue weighted by Crippen LogP contribution is 2.34. The van der Waals surface area contributed by atoms with Gasteiger partial charge in [0, 0.05) is 17.6 Å². The standard InChI is InChI=1S/C15H20N2O/c1-9(2)15-17-13-8-12(6-7-14(13)18-15)16-10(3)11-4-5-11/h6-11,16H,4-5H2,1-3H3. The summed E-state index contributed by atoms with van der Waals surface area (Å²) in [5, 5.41) is 3.55. The van der Waals surface area contributed by atoms with E-state index in [4.69, 9.17) is 4.42 Å². The number of anilines is 1. The highest BCUT2D eigenvalue weighted by molar-refractivity contribution is 5.77. The predicted molar refractivity (Wildman–Crippen MR) is 73.9 cm³/mol. The van der Waals surface area contributed by atoms with Crippen molar-refractivity contribution in [3.8, 4) is 0 Å². The molecule has 3 rings (SSSR count). The van der Waals surface area contributed by atoms with Gasteiger partial charge in [-0.15, -0.1) is 0 Å². The predicted octanol–water partition coefficient (Wildman–Crippen LogP) is 4.16. The van der Waals surface area contributed by atoms with Gasteiger partial charge in [-0.05, 0) is 43.9 Å². The van der Waals surface area contributed by atoms with Gasteiger partial charge in [0.05, 0.1) is 0 Å². The number of aromatic nitrogens is 1. The van der Waals surface area contributed by atoms with Crippen molar-refractivity contribution in [1.29, 1.82) is 0 Å². The molecule has 3 nitrogen and oxygen atoms in total. The van der Waals surface area contributed by atoms with Crippen molar-refractivity contribution >= 4 is 16.8 Å². The zero-order valence-corrected chi connectivity index (χ0v) is 11.2. The van der Waals surface area contributed by atoms with E-state index in [0.717, 1.165) is 28.6 Å². The summed E-state index contributed by atoms with van der Waals surface area (Å²) >= 11 is 0. The van der Waals surface area contributed by atoms with Gasteiger partial charge in [0.15, 0.2) is 11.5 Å². The minimum Gasteiger partial charge on any atom is -0.440 e. The second kappa shape index (κ2) is 4.30. The zero-order valence-electron chi connectivity index (χ0n) is 11.2. The van der Waals surface area contributed by atoms with Gasteiger partial charge in [-0.3, -0.25) is 0 Å². The van der Waals surface area contributed by atoms with Gasteiger partial charge in [-0.1, -0.05) is 13.8 Å². The Bertz CT molecular complexity index is 555. The van der Waals surface area contributed by atoms with E-state index in [9.17, 15) is 0 Å². The SMILES string of the molecule is CC(C)c1nc2cc(NC(C)C3CC3)ccc2o1. The lowest BCUT2D eigenvalue weighted by atomic mass is 10.2. The Kier molecular flexibility index (Phi) is 2.77. The van der Waals surface area contributed by atoms with Gasteiger partial charge < -0.3 is 9.73 Å². The average Bonchev–Trinajstić information content (AvgIpc) is 3.09. The summed E-state index contributed by atoms with van der Waals surface area (Å²) in [7, 11) is 0. The molecule has 1 aromatic carbocycles. The molecule has 0 amide bonds. The molecular weight excluding hydrogens is 224 g/mol. The molecule has 1 aliphatic carbocycles. The van der Waals surface area contributed by atoms with Crippen LogP contribution in [0.15, 0.2) is 22.6 Å². The van der Waals surface area contributed by atoms with Crippen LogP contribution >= 0.6 is 0 Å². The van der Waals surface area contributed by atoms with Crippen LogP contribution in [0.25, 0.3) is 11.1 Å². The van der Waals surface area contributed by atoms with Crippen LogP contribution < -0.4 is 5.32 Å². The zero-order chi connectivity index (χ0) is 12.7. The molecule has 1 unspecified atom stereocenters. The summed E-state index contributed by atoms with van der Waals surface area (Å²) in [5.74, 6) is 2.00. The number of nitrogens with one attached hydrogen (secondary N) is 1. The Hall–Kier alpha value is -1.51. The van der Waals surface area contributed by atoms with Crippen molar-refractivity contribution in [2.45, 2.75) is 45.6 Å². The van der Waals surface area contributed by atoms with Crippen LogP contribution in [-0.4, -0.2) is 11.0 Å². The molecule has 0 aliphatic heterocycles. The summed E-state index contributed by atoms with van der Waals surface area (Å²) in [6, 6.07) is 6.73. The number of hydrogen-bond acceptors (Lipinski definition) is 3. The van der Waals surface area contributed by atoms with Gasteiger partial charge in [0.25, 0.3) is 0 Å². The lowest BCUT2D eigenvalue weighted by molar-refractivity contribution is 0.501. The van der Waals surface area contributed by atoms with E-state index in [-0.39, 0.29) is 0 Å². The number of benzene rings is 1. The van der Waals surface area contributed by atoms with E-state index in [1.54, 1.807) is 0 Å². The fourth-order valence-electron chi connectivity index (χ4n) is 2.26. The molecule has 0 radical (unpaired) electrons. The lowest BCUT2D eigenvalue weighted by Gasteiger charge is -2.13. The van der Waals surface area contributed by atoms with Gasteiger partial charge in [0.1, 0.15) is 5.52 Å². The van der Waals surface area contributed by atoms with E-state index in [1.165, 1.54) is 12.8 Å². The third-order valence-corrected chi connectivity index (χ3v) is 3.62. The van der Waals surface area contributed by atoms with Crippen LogP contribution in [0, 0.1) is 5.92 Å². The Morgan fingerprint density at radius 1 is 1.28 bits per heavy atom. The third kappa shape index (κ3) is 2.22. The van der Waals surface area contributed by atoms with Crippen LogP contribution in [-0.2, 0) is 0 Å². The Morgan fingerprint density at radius 3 is 2.72 bits per heavy atom. The molecule has 1 heterocycles. The molecule has 18 heavy (non-hydrogen) atoms. The highest BCUT2D eigenvalue weighted by atomic mass is 16.3. The van der Waals surface area contributed by atoms with Crippen molar-refractivity contribution in [3.05, 3.63) is 24.1 Å². The Morgan fingerprint density at radius 2 is 2.06 bits per heavy atom. The maximum absolute atomic E-state index is 5.71. The van der Waals surface area contributed by atoms with Gasteiger partial charge in [0.2, 0.25) is 0 Å². The quantitative estimate of drug-likeness (QED) is 0.877. The topological polar surface area (TPSA) is 38.1 Å². The molecule has 1 fully saturated rings. The van der Waals surface area contributed by atoms with E-state index in [2.05, 4.69) is 43.2 Å². The van der Waals surface area contributed by atoms with Crippen molar-refractivity contribution in [2.24, 2.45) is 5.92 Å². The first-order chi connectivity index (χ1) is 8.63. The largest absolute Gasteiger partial charge is 0.440 e. The monoisotopic (exact) mass is 244 g/mol. The fraction of sp³-hybridized carbons (Fsp3) is 0.533. The summed E-state index contributed by atoms with van der Waals surface area (Å²) in [6.07, 6.45) is 2.72. The van der Waals surface area contributed by atoms with Crippen LogP contribution in [0.5, 0.6) is 0 Å². The average molecular weight is 244 g/mol. The number of nitrogens with zero attached hydrogens (tertiary/aromatic N) is 1. The van der Waals surface area contributed by atoms with Crippen LogP contribution in [0.4, 0.5) is 5.69 Å². The summed E-state index contributed by atoms with van der Waals surface area (Å²) in [5.41, 5.74) is 2.97. The van der Waals surface area contributed by atoms with Crippen LogP contribution in [0.2, 0.25) is 0 Å². The summed E-state index contributed by atoms with van der Waals surface area (Å²) < 4.78 is 5.71. The number of oxazole rings is 1. The number of hydrogen-bond donors (Lipinski definition) is 1. The maximum Gasteiger partial charge on any atom is 0.198 e. The molecule has 1 aliphatic rings. The summed E-state index contributed by atoms with van der Waals surface area (Å²) in [4.78, 5) is 4.53. The molecular formula is C15H20N2O. The van der Waals surface area contributed by atoms with Gasteiger partial charge in [-0.25, -0.2) is 4.98 Å². The molecule has 0 bridgehead atoms. The smallest absolute Gasteiger partial charge is 0.198 e. The van der Waals surface area contributed by atoms with Crippen molar-refractivity contribution in [1.82, 2.24) is 4.98 Å². The molecule has 2 aromatic rings. The first-order valence-corrected chi connectivity index (χ1v) is 6.80. The van der Waals surface area contributed by atoms with E-state index < -0.39 is 0 Å². The molecule has 1 aromatic heterocycles. The molecule has 3 heteroatoms. The first-order valence-electron chi connectivity index (χ1n) is 6.80. The third-order valence-electron chi connectivity index (χ3n) is 3.62. The van der Waals surface area contributed by atoms with Crippen molar-refractivity contribution in [2.75, 3.05) is 5.32 Å². The van der Waals surface area contributed by atoms with E-state index >= 15 is 0 Å². The van der Waals surface area contributed by atoms with Gasteiger partial charge in [-0.2, -0.15) is 0 Å². The Balaban J connectivity index is 1.85. The molecule has 0 saturated heterocycles. The number of rotatable bonds is 4. The van der Waals surface area contributed by atoms with Crippen LogP contribution in [0.3, 0.4) is 0 Å². The minimum absolute atomic E-state index is 0.333. The van der Waals surface area contributed by atoms with E-state index in [1.807, 2.05) is 6.07 Å². The minimum atomic E-state index is 0.333. The highest BCUT2D eigenvalue weighted by Gasteiger charge is 2.27. The van der Waals surface area contributed by atoms with Crippen LogP contribution in [0.1, 0.15) is 45.4 Å². The lowest BCUT2D eigenvalue weighted by Crippen LogP contribution is -2.16. The van der Waals surface area contributed by atoms with E-state index in [0.29, 0.717) is 12.0 Å². The molecule has 96 valence electrons. The fourth-order valence-corrected chi connectivity index (χ4v) is 2.26. The normalized spacial score (nSPS) is 17.3. The Labute approximate surface area is 108 Å². The number of fused-ring (bicyclic) bond motifs is 1. The summed E-state index contributed by atoms with van der Waals surface area (Å²) in [6.45, 7) is 6.45. The van der Waals surface area contributed by atoms with Gasteiger partial charge >= 0.3 is 0 Å². The second-order valence-electron chi connectivity index (χ2n) is 5.66. The maximum atomic E-state index is 5.71. The molecule has 1 N–H and O–H groups in total. The first kappa shape index (κ1) is 11.6. The van der Waals surface area contributed by atoms with Crippen molar-refractivity contribution < 1.29 is 4.42 Å². The second-order valence-corrected chi connectivity index (χ2v) is 5.66.